The minimum atomic E-state index is 0.692. The van der Waals surface area contributed by atoms with E-state index in [2.05, 4.69) is 25.7 Å². The minimum Gasteiger partial charge on any atom is -0.314 e. The number of nitrogens with one attached hydrogen (secondary N) is 1. The molecule has 1 aromatic heterocycles. The number of likely N-dealkylation sites (tertiary alicyclic amines) is 1. The van der Waals surface area contributed by atoms with Crippen molar-refractivity contribution in [3.8, 4) is 5.69 Å². The molecule has 2 aliphatic rings. The number of piperidine rings is 1. The van der Waals surface area contributed by atoms with Crippen LogP contribution in [0.3, 0.4) is 0 Å². The van der Waals surface area contributed by atoms with E-state index in [-0.39, 0.29) is 0 Å². The standard InChI is InChI=1S/C17H24N6/c1-2-4-16(5-3-1)23-17(19-20-21-23)13-22-10-8-15(9-11-22)18-12-14-6-7-14/h1-5,14-15,18H,6-13H2. The Morgan fingerprint density at radius 1 is 1.04 bits per heavy atom. The average Bonchev–Trinajstić information content (AvgIpc) is 3.32. The van der Waals surface area contributed by atoms with Crippen LogP contribution in [0.15, 0.2) is 30.3 Å². The molecule has 1 N–H and O–H groups in total. The molecule has 0 unspecified atom stereocenters. The van der Waals surface area contributed by atoms with Crippen LogP contribution in [0.4, 0.5) is 0 Å². The highest BCUT2D eigenvalue weighted by molar-refractivity contribution is 5.30. The third-order valence-electron chi connectivity index (χ3n) is 4.88. The van der Waals surface area contributed by atoms with Gasteiger partial charge in [0.25, 0.3) is 0 Å². The fourth-order valence-electron chi connectivity index (χ4n) is 3.22. The summed E-state index contributed by atoms with van der Waals surface area (Å²) in [5, 5.41) is 15.9. The Balaban J connectivity index is 1.32. The number of benzene rings is 1. The number of rotatable bonds is 6. The lowest BCUT2D eigenvalue weighted by Gasteiger charge is -2.32. The first kappa shape index (κ1) is 14.8. The summed E-state index contributed by atoms with van der Waals surface area (Å²) in [5.74, 6) is 1.88. The van der Waals surface area contributed by atoms with Gasteiger partial charge in [0.2, 0.25) is 0 Å². The smallest absolute Gasteiger partial charge is 0.170 e. The molecule has 0 spiro atoms. The van der Waals surface area contributed by atoms with Gasteiger partial charge in [0.05, 0.1) is 12.2 Å². The molecule has 2 aromatic rings. The van der Waals surface area contributed by atoms with E-state index in [4.69, 9.17) is 0 Å². The van der Waals surface area contributed by atoms with Gasteiger partial charge in [0.1, 0.15) is 0 Å². The Kier molecular flexibility index (Phi) is 4.35. The minimum absolute atomic E-state index is 0.692. The Morgan fingerprint density at radius 3 is 2.57 bits per heavy atom. The maximum Gasteiger partial charge on any atom is 0.170 e. The van der Waals surface area contributed by atoms with Crippen molar-refractivity contribution >= 4 is 0 Å². The molecule has 2 fully saturated rings. The third-order valence-corrected chi connectivity index (χ3v) is 4.88. The highest BCUT2D eigenvalue weighted by Gasteiger charge is 2.25. The zero-order valence-corrected chi connectivity index (χ0v) is 13.4. The molecule has 122 valence electrons. The highest BCUT2D eigenvalue weighted by Crippen LogP contribution is 2.28. The van der Waals surface area contributed by atoms with Gasteiger partial charge in [-0.05, 0) is 60.7 Å². The highest BCUT2D eigenvalue weighted by atomic mass is 15.5. The van der Waals surface area contributed by atoms with Gasteiger partial charge in [0, 0.05) is 19.1 Å². The van der Waals surface area contributed by atoms with Crippen molar-refractivity contribution in [3.63, 3.8) is 0 Å². The van der Waals surface area contributed by atoms with Gasteiger partial charge in [0.15, 0.2) is 5.82 Å². The monoisotopic (exact) mass is 312 g/mol. The van der Waals surface area contributed by atoms with Crippen molar-refractivity contribution in [1.29, 1.82) is 0 Å². The van der Waals surface area contributed by atoms with E-state index in [1.54, 1.807) is 0 Å². The lowest BCUT2D eigenvalue weighted by atomic mass is 10.0. The normalized spacial score (nSPS) is 20.0. The van der Waals surface area contributed by atoms with Crippen molar-refractivity contribution in [2.45, 2.75) is 38.3 Å². The van der Waals surface area contributed by atoms with Gasteiger partial charge in [-0.3, -0.25) is 4.90 Å². The van der Waals surface area contributed by atoms with Crippen molar-refractivity contribution in [3.05, 3.63) is 36.2 Å². The van der Waals surface area contributed by atoms with Gasteiger partial charge >= 0.3 is 0 Å². The van der Waals surface area contributed by atoms with Gasteiger partial charge in [-0.1, -0.05) is 18.2 Å². The molecule has 6 nitrogen and oxygen atoms in total. The van der Waals surface area contributed by atoms with E-state index in [1.807, 2.05) is 35.0 Å². The fraction of sp³-hybridized carbons (Fsp3) is 0.588. The Labute approximate surface area is 136 Å². The predicted molar refractivity (Wildman–Crippen MR) is 88.2 cm³/mol. The number of aromatic nitrogens is 4. The van der Waals surface area contributed by atoms with Crippen LogP contribution >= 0.6 is 0 Å². The van der Waals surface area contributed by atoms with E-state index < -0.39 is 0 Å². The first-order valence-corrected chi connectivity index (χ1v) is 8.67. The second-order valence-electron chi connectivity index (χ2n) is 6.74. The molecule has 6 heteroatoms. The zero-order valence-electron chi connectivity index (χ0n) is 13.4. The quantitative estimate of drug-likeness (QED) is 0.878. The molecule has 0 amide bonds. The van der Waals surface area contributed by atoms with Crippen LogP contribution in [-0.4, -0.2) is 50.8 Å². The van der Waals surface area contributed by atoms with E-state index >= 15 is 0 Å². The van der Waals surface area contributed by atoms with Crippen LogP contribution in [0.2, 0.25) is 0 Å². The van der Waals surface area contributed by atoms with Crippen molar-refractivity contribution in [2.75, 3.05) is 19.6 Å². The summed E-state index contributed by atoms with van der Waals surface area (Å²) in [6, 6.07) is 10.8. The third kappa shape index (κ3) is 3.76. The molecule has 1 saturated carbocycles. The molecule has 1 aliphatic heterocycles. The zero-order chi connectivity index (χ0) is 15.5. The Hall–Kier alpha value is -1.79. The summed E-state index contributed by atoms with van der Waals surface area (Å²) in [5.41, 5.74) is 1.02. The second-order valence-corrected chi connectivity index (χ2v) is 6.74. The second kappa shape index (κ2) is 6.76. The molecule has 1 aromatic carbocycles. The Bertz CT molecular complexity index is 613. The summed E-state index contributed by atoms with van der Waals surface area (Å²) in [4.78, 5) is 2.46. The molecule has 4 rings (SSSR count). The van der Waals surface area contributed by atoms with Crippen molar-refractivity contribution in [2.24, 2.45) is 5.92 Å². The lowest BCUT2D eigenvalue weighted by molar-refractivity contribution is 0.185. The number of hydrogen-bond donors (Lipinski definition) is 1. The molecular weight excluding hydrogens is 288 g/mol. The molecular formula is C17H24N6. The summed E-state index contributed by atoms with van der Waals surface area (Å²) in [6.45, 7) is 4.27. The number of nitrogens with zero attached hydrogens (tertiary/aromatic N) is 5. The van der Waals surface area contributed by atoms with E-state index in [0.717, 1.165) is 37.1 Å². The summed E-state index contributed by atoms with van der Waals surface area (Å²) in [7, 11) is 0. The van der Waals surface area contributed by atoms with Gasteiger partial charge in [-0.25, -0.2) is 0 Å². The topological polar surface area (TPSA) is 58.9 Å². The maximum atomic E-state index is 4.22. The first-order chi connectivity index (χ1) is 11.4. The number of hydrogen-bond acceptors (Lipinski definition) is 5. The SMILES string of the molecule is c1ccc(-n2nnnc2CN2CCC(NCC3CC3)CC2)cc1. The largest absolute Gasteiger partial charge is 0.314 e. The van der Waals surface area contributed by atoms with Gasteiger partial charge in [-0.2, -0.15) is 4.68 Å². The number of tetrazole rings is 1. The molecule has 0 atom stereocenters. The summed E-state index contributed by atoms with van der Waals surface area (Å²) in [6.07, 6.45) is 5.29. The molecule has 1 aliphatic carbocycles. The first-order valence-electron chi connectivity index (χ1n) is 8.67. The van der Waals surface area contributed by atoms with Gasteiger partial charge in [-0.15, -0.1) is 5.10 Å². The average molecular weight is 312 g/mol. The van der Waals surface area contributed by atoms with Crippen LogP contribution in [0.1, 0.15) is 31.5 Å². The summed E-state index contributed by atoms with van der Waals surface area (Å²) >= 11 is 0. The van der Waals surface area contributed by atoms with Gasteiger partial charge < -0.3 is 5.32 Å². The molecule has 0 bridgehead atoms. The molecule has 23 heavy (non-hydrogen) atoms. The van der Waals surface area contributed by atoms with Crippen LogP contribution in [0.5, 0.6) is 0 Å². The van der Waals surface area contributed by atoms with E-state index in [9.17, 15) is 0 Å². The van der Waals surface area contributed by atoms with E-state index in [1.165, 1.54) is 32.2 Å². The van der Waals surface area contributed by atoms with E-state index in [0.29, 0.717) is 6.04 Å². The number of para-hydroxylation sites is 1. The summed E-state index contributed by atoms with van der Waals surface area (Å²) < 4.78 is 1.84. The van der Waals surface area contributed by atoms with Crippen LogP contribution < -0.4 is 5.32 Å². The van der Waals surface area contributed by atoms with Crippen LogP contribution in [0.25, 0.3) is 5.69 Å². The predicted octanol–water partition coefficient (Wildman–Crippen LogP) is 1.63. The van der Waals surface area contributed by atoms with Crippen LogP contribution in [-0.2, 0) is 6.54 Å². The Morgan fingerprint density at radius 2 is 1.83 bits per heavy atom. The molecule has 2 heterocycles. The molecule has 1 saturated heterocycles. The van der Waals surface area contributed by atoms with Crippen LogP contribution in [0, 0.1) is 5.92 Å². The maximum absolute atomic E-state index is 4.22. The van der Waals surface area contributed by atoms with Crippen molar-refractivity contribution < 1.29 is 0 Å². The van der Waals surface area contributed by atoms with Crippen molar-refractivity contribution in [1.82, 2.24) is 30.4 Å². The lowest BCUT2D eigenvalue weighted by Crippen LogP contribution is -2.43. The fourth-order valence-corrected chi connectivity index (χ4v) is 3.22. The molecule has 0 radical (unpaired) electrons.